The zero-order valence-corrected chi connectivity index (χ0v) is 12.4. The Morgan fingerprint density at radius 1 is 1.26 bits per heavy atom. The van der Waals surface area contributed by atoms with Gasteiger partial charge in [0.05, 0.1) is 30.0 Å². The number of fused-ring (bicyclic) bond motifs is 1. The Morgan fingerprint density at radius 2 is 2.11 bits per heavy atom. The number of halogens is 1. The fourth-order valence-electron chi connectivity index (χ4n) is 2.45. The summed E-state index contributed by atoms with van der Waals surface area (Å²) in [7, 11) is 0. The molecule has 0 amide bonds. The summed E-state index contributed by atoms with van der Waals surface area (Å²) >= 11 is 3.54. The van der Waals surface area contributed by atoms with Gasteiger partial charge in [-0.3, -0.25) is 0 Å². The Labute approximate surface area is 121 Å². The SMILES string of the molecule is CCNC(c1ccc2c(c1)COC2)c1occc1Br. The maximum atomic E-state index is 5.61. The van der Waals surface area contributed by atoms with Crippen molar-refractivity contribution in [3.05, 3.63) is 57.5 Å². The molecule has 0 fully saturated rings. The van der Waals surface area contributed by atoms with E-state index in [0.717, 1.165) is 23.4 Å². The number of furan rings is 1. The van der Waals surface area contributed by atoms with Gasteiger partial charge in [-0.1, -0.05) is 25.1 Å². The predicted molar refractivity (Wildman–Crippen MR) is 76.9 cm³/mol. The van der Waals surface area contributed by atoms with Crippen molar-refractivity contribution >= 4 is 15.9 Å². The number of rotatable bonds is 4. The molecule has 1 aliphatic heterocycles. The fourth-order valence-corrected chi connectivity index (χ4v) is 2.88. The first-order chi connectivity index (χ1) is 9.29. The summed E-state index contributed by atoms with van der Waals surface area (Å²) in [6, 6.07) is 8.51. The van der Waals surface area contributed by atoms with E-state index in [1.807, 2.05) is 6.07 Å². The highest BCUT2D eigenvalue weighted by atomic mass is 79.9. The van der Waals surface area contributed by atoms with Gasteiger partial charge in [-0.2, -0.15) is 0 Å². The first-order valence-corrected chi connectivity index (χ1v) is 7.24. The van der Waals surface area contributed by atoms with Crippen LogP contribution in [0.3, 0.4) is 0 Å². The van der Waals surface area contributed by atoms with E-state index in [4.69, 9.17) is 9.15 Å². The van der Waals surface area contributed by atoms with E-state index >= 15 is 0 Å². The first kappa shape index (κ1) is 12.9. The number of hydrogen-bond acceptors (Lipinski definition) is 3. The molecule has 0 saturated heterocycles. The summed E-state index contributed by atoms with van der Waals surface area (Å²) in [5, 5.41) is 3.47. The zero-order chi connectivity index (χ0) is 13.2. The van der Waals surface area contributed by atoms with E-state index in [9.17, 15) is 0 Å². The van der Waals surface area contributed by atoms with Crippen molar-refractivity contribution in [3.63, 3.8) is 0 Å². The predicted octanol–water partition coefficient (Wildman–Crippen LogP) is 3.77. The van der Waals surface area contributed by atoms with E-state index in [2.05, 4.69) is 46.4 Å². The van der Waals surface area contributed by atoms with Crippen LogP contribution in [0.4, 0.5) is 0 Å². The summed E-state index contributed by atoms with van der Waals surface area (Å²) in [5.74, 6) is 0.917. The Balaban J connectivity index is 1.98. The molecule has 19 heavy (non-hydrogen) atoms. The monoisotopic (exact) mass is 321 g/mol. The lowest BCUT2D eigenvalue weighted by atomic mass is 9.99. The Hall–Kier alpha value is -1.10. The fraction of sp³-hybridized carbons (Fsp3) is 0.333. The van der Waals surface area contributed by atoms with Crippen LogP contribution in [0.25, 0.3) is 0 Å². The number of benzene rings is 1. The average Bonchev–Trinajstić information content (AvgIpc) is 3.03. The Kier molecular flexibility index (Phi) is 3.73. The molecule has 3 nitrogen and oxygen atoms in total. The van der Waals surface area contributed by atoms with Crippen molar-refractivity contribution < 1.29 is 9.15 Å². The average molecular weight is 322 g/mol. The third-order valence-corrected chi connectivity index (χ3v) is 4.05. The van der Waals surface area contributed by atoms with Crippen LogP contribution in [0.2, 0.25) is 0 Å². The third-order valence-electron chi connectivity index (χ3n) is 3.39. The first-order valence-electron chi connectivity index (χ1n) is 6.45. The topological polar surface area (TPSA) is 34.4 Å². The largest absolute Gasteiger partial charge is 0.466 e. The number of ether oxygens (including phenoxy) is 1. The van der Waals surface area contributed by atoms with Crippen LogP contribution in [-0.4, -0.2) is 6.54 Å². The molecule has 1 N–H and O–H groups in total. The summed E-state index contributed by atoms with van der Waals surface area (Å²) in [4.78, 5) is 0. The highest BCUT2D eigenvalue weighted by Gasteiger charge is 2.21. The van der Waals surface area contributed by atoms with E-state index in [1.165, 1.54) is 16.7 Å². The lowest BCUT2D eigenvalue weighted by molar-refractivity contribution is 0.134. The van der Waals surface area contributed by atoms with Crippen molar-refractivity contribution in [1.29, 1.82) is 0 Å². The van der Waals surface area contributed by atoms with Crippen molar-refractivity contribution in [2.45, 2.75) is 26.2 Å². The second-order valence-corrected chi connectivity index (χ2v) is 5.50. The van der Waals surface area contributed by atoms with E-state index in [1.54, 1.807) is 6.26 Å². The van der Waals surface area contributed by atoms with E-state index < -0.39 is 0 Å². The molecule has 1 aromatic heterocycles. The van der Waals surface area contributed by atoms with Crippen LogP contribution < -0.4 is 5.32 Å². The molecule has 1 unspecified atom stereocenters. The van der Waals surface area contributed by atoms with Gasteiger partial charge in [-0.15, -0.1) is 0 Å². The molecule has 0 radical (unpaired) electrons. The summed E-state index contributed by atoms with van der Waals surface area (Å²) in [5.41, 5.74) is 3.78. The van der Waals surface area contributed by atoms with Gasteiger partial charge in [0, 0.05) is 0 Å². The minimum absolute atomic E-state index is 0.0697. The molecule has 2 heterocycles. The normalized spacial score (nSPS) is 15.5. The molecule has 1 atom stereocenters. The van der Waals surface area contributed by atoms with Crippen molar-refractivity contribution in [2.24, 2.45) is 0 Å². The van der Waals surface area contributed by atoms with Gasteiger partial charge in [0.15, 0.2) is 0 Å². The standard InChI is InChI=1S/C15H16BrNO2/c1-2-17-14(15-13(16)5-6-19-15)10-3-4-11-8-18-9-12(11)7-10/h3-7,14,17H,2,8-9H2,1H3. The molecule has 1 aromatic carbocycles. The van der Waals surface area contributed by atoms with Gasteiger partial charge < -0.3 is 14.5 Å². The lowest BCUT2D eigenvalue weighted by Crippen LogP contribution is -2.22. The van der Waals surface area contributed by atoms with Crippen LogP contribution in [0, 0.1) is 0 Å². The summed E-state index contributed by atoms with van der Waals surface area (Å²) < 4.78 is 12.1. The van der Waals surface area contributed by atoms with Crippen LogP contribution >= 0.6 is 15.9 Å². The second-order valence-electron chi connectivity index (χ2n) is 4.64. The third kappa shape index (κ3) is 2.48. The summed E-state index contributed by atoms with van der Waals surface area (Å²) in [6.07, 6.45) is 1.71. The van der Waals surface area contributed by atoms with Crippen molar-refractivity contribution in [3.8, 4) is 0 Å². The minimum Gasteiger partial charge on any atom is -0.466 e. The van der Waals surface area contributed by atoms with Crippen molar-refractivity contribution in [1.82, 2.24) is 5.32 Å². The van der Waals surface area contributed by atoms with Gasteiger partial charge in [-0.05, 0) is 45.2 Å². The zero-order valence-electron chi connectivity index (χ0n) is 10.8. The van der Waals surface area contributed by atoms with Gasteiger partial charge in [-0.25, -0.2) is 0 Å². The molecule has 100 valence electrons. The van der Waals surface area contributed by atoms with E-state index in [0.29, 0.717) is 6.61 Å². The maximum absolute atomic E-state index is 5.61. The van der Waals surface area contributed by atoms with Crippen LogP contribution in [-0.2, 0) is 18.0 Å². The lowest BCUT2D eigenvalue weighted by Gasteiger charge is -2.17. The Bertz CT molecular complexity index is 579. The molecule has 0 spiro atoms. The van der Waals surface area contributed by atoms with Crippen molar-refractivity contribution in [2.75, 3.05) is 6.54 Å². The molecule has 0 bridgehead atoms. The number of hydrogen-bond donors (Lipinski definition) is 1. The van der Waals surface area contributed by atoms with Gasteiger partial charge in [0.1, 0.15) is 5.76 Å². The van der Waals surface area contributed by atoms with Gasteiger partial charge in [0.25, 0.3) is 0 Å². The van der Waals surface area contributed by atoms with E-state index in [-0.39, 0.29) is 6.04 Å². The molecule has 3 rings (SSSR count). The van der Waals surface area contributed by atoms with Crippen LogP contribution in [0.15, 0.2) is 39.4 Å². The van der Waals surface area contributed by atoms with Gasteiger partial charge >= 0.3 is 0 Å². The molecule has 0 saturated carbocycles. The minimum atomic E-state index is 0.0697. The second kappa shape index (κ2) is 5.49. The molecular weight excluding hydrogens is 306 g/mol. The molecule has 4 heteroatoms. The van der Waals surface area contributed by atoms with Crippen LogP contribution in [0.5, 0.6) is 0 Å². The number of nitrogens with one attached hydrogen (secondary N) is 1. The smallest absolute Gasteiger partial charge is 0.139 e. The highest BCUT2D eigenvalue weighted by Crippen LogP contribution is 2.31. The van der Waals surface area contributed by atoms with Crippen LogP contribution in [0.1, 0.15) is 35.4 Å². The Morgan fingerprint density at radius 3 is 2.84 bits per heavy atom. The molecule has 1 aliphatic rings. The highest BCUT2D eigenvalue weighted by molar-refractivity contribution is 9.10. The quantitative estimate of drug-likeness (QED) is 0.930. The molecule has 0 aliphatic carbocycles. The van der Waals surface area contributed by atoms with Gasteiger partial charge in [0.2, 0.25) is 0 Å². The summed E-state index contributed by atoms with van der Waals surface area (Å²) in [6.45, 7) is 4.42. The molecular formula is C15H16BrNO2. The molecule has 2 aromatic rings. The maximum Gasteiger partial charge on any atom is 0.139 e.